The molecule has 0 aliphatic carbocycles. The zero-order chi connectivity index (χ0) is 19.2. The van der Waals surface area contributed by atoms with Crippen molar-refractivity contribution in [1.29, 1.82) is 0 Å². The molecule has 7 heteroatoms. The molecule has 1 aromatic carbocycles. The number of piperidine rings is 1. The molecule has 4 nitrogen and oxygen atoms in total. The zero-order valence-corrected chi connectivity index (χ0v) is 15.1. The van der Waals surface area contributed by atoms with Crippen LogP contribution in [0.15, 0.2) is 24.3 Å². The average molecular weight is 372 g/mol. The van der Waals surface area contributed by atoms with Gasteiger partial charge < -0.3 is 14.9 Å². The van der Waals surface area contributed by atoms with Crippen LogP contribution in [0.5, 0.6) is 0 Å². The molecule has 0 radical (unpaired) electrons. The molecule has 1 aliphatic heterocycles. The van der Waals surface area contributed by atoms with Crippen LogP contribution in [0, 0.1) is 5.92 Å². The first kappa shape index (κ1) is 20.7. The van der Waals surface area contributed by atoms with Crippen LogP contribution < -0.4 is 0 Å². The third-order valence-corrected chi connectivity index (χ3v) is 4.86. The maximum atomic E-state index is 12.8. The van der Waals surface area contributed by atoms with Gasteiger partial charge in [-0.2, -0.15) is 13.2 Å². The minimum atomic E-state index is -4.31. The maximum Gasteiger partial charge on any atom is 0.416 e. The van der Waals surface area contributed by atoms with Gasteiger partial charge in [0, 0.05) is 33.1 Å². The molecule has 146 valence electrons. The van der Waals surface area contributed by atoms with Crippen molar-refractivity contribution in [3.05, 3.63) is 35.4 Å². The van der Waals surface area contributed by atoms with Gasteiger partial charge in [0.05, 0.1) is 12.2 Å². The van der Waals surface area contributed by atoms with Crippen LogP contribution in [-0.4, -0.2) is 60.6 Å². The second-order valence-electron chi connectivity index (χ2n) is 7.00. The number of nitrogens with zero attached hydrogens (tertiary/aromatic N) is 2. The Morgan fingerprint density at radius 2 is 2.15 bits per heavy atom. The highest BCUT2D eigenvalue weighted by molar-refractivity contribution is 5.75. The summed E-state index contributed by atoms with van der Waals surface area (Å²) in [6.07, 6.45) is -1.53. The van der Waals surface area contributed by atoms with Gasteiger partial charge in [-0.05, 0) is 43.4 Å². The lowest BCUT2D eigenvalue weighted by atomic mass is 9.97. The second kappa shape index (κ2) is 9.37. The fourth-order valence-corrected chi connectivity index (χ4v) is 3.47. The van der Waals surface area contributed by atoms with E-state index in [-0.39, 0.29) is 18.9 Å². The van der Waals surface area contributed by atoms with Gasteiger partial charge in [-0.15, -0.1) is 0 Å². The fourth-order valence-electron chi connectivity index (χ4n) is 3.47. The fraction of sp³-hybridized carbons (Fsp3) is 0.632. The van der Waals surface area contributed by atoms with E-state index in [1.807, 2.05) is 0 Å². The van der Waals surface area contributed by atoms with Crippen molar-refractivity contribution in [3.63, 3.8) is 0 Å². The molecule has 0 bridgehead atoms. The molecule has 0 aromatic heterocycles. The Kier molecular flexibility index (Phi) is 7.46. The topological polar surface area (TPSA) is 43.8 Å². The third kappa shape index (κ3) is 6.29. The summed E-state index contributed by atoms with van der Waals surface area (Å²) in [4.78, 5) is 15.7. The minimum Gasteiger partial charge on any atom is -0.396 e. The molecular formula is C19H27F3N2O2. The summed E-state index contributed by atoms with van der Waals surface area (Å²) in [5.74, 6) is 0.298. The predicted octanol–water partition coefficient (Wildman–Crippen LogP) is 2.80. The van der Waals surface area contributed by atoms with Crippen LogP contribution in [0.2, 0.25) is 0 Å². The summed E-state index contributed by atoms with van der Waals surface area (Å²) >= 11 is 0. The highest BCUT2D eigenvalue weighted by atomic mass is 19.4. The van der Waals surface area contributed by atoms with E-state index in [0.29, 0.717) is 31.0 Å². The number of hydrogen-bond acceptors (Lipinski definition) is 3. The van der Waals surface area contributed by atoms with Crippen LogP contribution in [0.25, 0.3) is 0 Å². The first-order valence-electron chi connectivity index (χ1n) is 9.03. The van der Waals surface area contributed by atoms with Crippen molar-refractivity contribution in [2.45, 2.75) is 31.9 Å². The molecule has 1 aliphatic rings. The van der Waals surface area contributed by atoms with Crippen LogP contribution in [0.1, 0.15) is 30.4 Å². The van der Waals surface area contributed by atoms with Crippen LogP contribution in [-0.2, 0) is 17.4 Å². The number of aliphatic hydroxyl groups is 1. The summed E-state index contributed by atoms with van der Waals surface area (Å²) in [5.41, 5.74) is 0.0905. The monoisotopic (exact) mass is 372 g/mol. The Hall–Kier alpha value is -1.60. The Balaban J connectivity index is 1.84. The third-order valence-electron chi connectivity index (χ3n) is 4.86. The smallest absolute Gasteiger partial charge is 0.396 e. The molecule has 0 saturated carbocycles. The lowest BCUT2D eigenvalue weighted by Gasteiger charge is -2.34. The van der Waals surface area contributed by atoms with Crippen molar-refractivity contribution in [2.24, 2.45) is 5.92 Å². The lowest BCUT2D eigenvalue weighted by molar-refractivity contribution is -0.137. The molecule has 1 saturated heterocycles. The number of carbonyl (C=O) groups excluding carboxylic acids is 1. The first-order chi connectivity index (χ1) is 12.3. The molecule has 0 spiro atoms. The van der Waals surface area contributed by atoms with Gasteiger partial charge in [-0.3, -0.25) is 4.79 Å². The van der Waals surface area contributed by atoms with Crippen molar-refractivity contribution < 1.29 is 23.1 Å². The lowest BCUT2D eigenvalue weighted by Crippen LogP contribution is -2.42. The van der Waals surface area contributed by atoms with E-state index >= 15 is 0 Å². The van der Waals surface area contributed by atoms with E-state index in [2.05, 4.69) is 4.90 Å². The van der Waals surface area contributed by atoms with Gasteiger partial charge in [0.2, 0.25) is 5.91 Å². The van der Waals surface area contributed by atoms with Crippen molar-refractivity contribution >= 4 is 5.91 Å². The number of rotatable bonds is 7. The molecule has 1 amide bonds. The Morgan fingerprint density at radius 3 is 2.85 bits per heavy atom. The molecule has 0 unspecified atom stereocenters. The Bertz CT molecular complexity index is 592. The molecule has 1 atom stereocenters. The van der Waals surface area contributed by atoms with Crippen molar-refractivity contribution in [1.82, 2.24) is 9.80 Å². The molecule has 2 rings (SSSR count). The van der Waals surface area contributed by atoms with Crippen molar-refractivity contribution in [2.75, 3.05) is 39.8 Å². The van der Waals surface area contributed by atoms with Gasteiger partial charge in [0.25, 0.3) is 0 Å². The van der Waals surface area contributed by atoms with Crippen LogP contribution >= 0.6 is 0 Å². The summed E-state index contributed by atoms with van der Waals surface area (Å²) in [6.45, 7) is 3.00. The molecule has 26 heavy (non-hydrogen) atoms. The van der Waals surface area contributed by atoms with Gasteiger partial charge in [0.1, 0.15) is 0 Å². The van der Waals surface area contributed by atoms with Crippen LogP contribution in [0.4, 0.5) is 13.2 Å². The number of likely N-dealkylation sites (tertiary alicyclic amines) is 1. The molecule has 1 heterocycles. The van der Waals surface area contributed by atoms with Crippen molar-refractivity contribution in [3.8, 4) is 0 Å². The van der Waals surface area contributed by atoms with Gasteiger partial charge in [-0.1, -0.05) is 18.2 Å². The average Bonchev–Trinajstić information content (AvgIpc) is 2.60. The number of halogens is 3. The number of amides is 1. The summed E-state index contributed by atoms with van der Waals surface area (Å²) in [7, 11) is 1.75. The second-order valence-corrected chi connectivity index (χ2v) is 7.00. The largest absolute Gasteiger partial charge is 0.416 e. The van der Waals surface area contributed by atoms with Crippen LogP contribution in [0.3, 0.4) is 0 Å². The van der Waals surface area contributed by atoms with E-state index in [0.717, 1.165) is 32.0 Å². The highest BCUT2D eigenvalue weighted by Crippen LogP contribution is 2.29. The number of carbonyl (C=O) groups is 1. The highest BCUT2D eigenvalue weighted by Gasteiger charge is 2.30. The minimum absolute atomic E-state index is 0.0615. The molecule has 1 fully saturated rings. The Labute approximate surface area is 152 Å². The Morgan fingerprint density at radius 1 is 1.38 bits per heavy atom. The number of hydrogen-bond donors (Lipinski definition) is 1. The standard InChI is InChI=1S/C19H27F3N2O2/c1-23(18(26)8-11-25)13-16-5-3-9-24(14-16)10-7-15-4-2-6-17(12-15)19(20,21)22/h2,4,6,12,16,25H,3,5,7-11,13-14H2,1H3/t16-/m0/s1. The van der Waals surface area contributed by atoms with E-state index in [1.54, 1.807) is 18.0 Å². The number of benzene rings is 1. The first-order valence-corrected chi connectivity index (χ1v) is 9.03. The molecular weight excluding hydrogens is 345 g/mol. The van der Waals surface area contributed by atoms with E-state index in [4.69, 9.17) is 5.11 Å². The maximum absolute atomic E-state index is 12.8. The molecule has 1 aromatic rings. The van der Waals surface area contributed by atoms with Gasteiger partial charge >= 0.3 is 6.18 Å². The quantitative estimate of drug-likeness (QED) is 0.801. The number of aliphatic hydroxyl groups excluding tert-OH is 1. The summed E-state index contributed by atoms with van der Waals surface area (Å²) < 4.78 is 38.4. The molecule has 1 N–H and O–H groups in total. The SMILES string of the molecule is CN(C[C@@H]1CCCN(CCc2cccc(C(F)(F)F)c2)C1)C(=O)CCO. The van der Waals surface area contributed by atoms with E-state index < -0.39 is 11.7 Å². The van der Waals surface area contributed by atoms with Gasteiger partial charge in [-0.25, -0.2) is 0 Å². The zero-order valence-electron chi connectivity index (χ0n) is 15.1. The van der Waals surface area contributed by atoms with E-state index in [9.17, 15) is 18.0 Å². The number of alkyl halides is 3. The predicted molar refractivity (Wildman–Crippen MR) is 93.7 cm³/mol. The van der Waals surface area contributed by atoms with Gasteiger partial charge in [0.15, 0.2) is 0 Å². The summed E-state index contributed by atoms with van der Waals surface area (Å²) in [5, 5.41) is 8.86. The normalized spacial score (nSPS) is 18.7. The summed E-state index contributed by atoms with van der Waals surface area (Å²) in [6, 6.07) is 5.51. The van der Waals surface area contributed by atoms with E-state index in [1.165, 1.54) is 12.1 Å².